The quantitative estimate of drug-likeness (QED) is 0.589. The maximum atomic E-state index is 12.0. The fraction of sp³-hybridized carbons (Fsp3) is 0.333. The monoisotopic (exact) mass is 315 g/mol. The fourth-order valence-corrected chi connectivity index (χ4v) is 2.53. The van der Waals surface area contributed by atoms with Crippen molar-refractivity contribution in [2.24, 2.45) is 0 Å². The second kappa shape index (κ2) is 6.44. The molecule has 0 bridgehead atoms. The Kier molecular flexibility index (Phi) is 5.14. The lowest BCUT2D eigenvalue weighted by Crippen LogP contribution is -2.42. The first-order valence-corrected chi connectivity index (χ1v) is 7.94. The zero-order chi connectivity index (χ0) is 16.2. The summed E-state index contributed by atoms with van der Waals surface area (Å²) in [6.07, 6.45) is -0.0792. The number of anilines is 2. The number of sulfone groups is 1. The number of amides is 2. The van der Waals surface area contributed by atoms with Crippen molar-refractivity contribution in [1.82, 2.24) is 5.32 Å². The van der Waals surface area contributed by atoms with Crippen molar-refractivity contribution >= 4 is 33.2 Å². The minimum absolute atomic E-state index is 0.0847. The molecule has 0 aliphatic carbocycles. The molecule has 9 heteroatoms. The molecular formula is C12H17N3O5S. The number of carbonyl (C=O) groups excluding carboxylic acids is 1. The van der Waals surface area contributed by atoms with Gasteiger partial charge in [0.05, 0.1) is 16.3 Å². The third-order valence-electron chi connectivity index (χ3n) is 2.75. The van der Waals surface area contributed by atoms with Crippen molar-refractivity contribution in [1.29, 1.82) is 0 Å². The Labute approximate surface area is 122 Å². The molecule has 21 heavy (non-hydrogen) atoms. The lowest BCUT2D eigenvalue weighted by molar-refractivity contribution is -0.118. The zero-order valence-corrected chi connectivity index (χ0v) is 12.4. The van der Waals surface area contributed by atoms with Gasteiger partial charge in [-0.3, -0.25) is 4.79 Å². The van der Waals surface area contributed by atoms with Crippen molar-refractivity contribution in [3.63, 3.8) is 0 Å². The number of carboxylic acid groups (broad SMARTS) is 1. The van der Waals surface area contributed by atoms with Gasteiger partial charge in [0.1, 0.15) is 6.04 Å². The summed E-state index contributed by atoms with van der Waals surface area (Å²) in [7, 11) is -3.52. The van der Waals surface area contributed by atoms with Crippen LogP contribution < -0.4 is 16.4 Å². The average Bonchev–Trinajstić information content (AvgIpc) is 2.36. The number of rotatable bonds is 5. The van der Waals surface area contributed by atoms with Gasteiger partial charge >= 0.3 is 6.09 Å². The van der Waals surface area contributed by atoms with E-state index in [0.717, 1.165) is 6.26 Å². The first kappa shape index (κ1) is 16.8. The second-order valence-electron chi connectivity index (χ2n) is 4.39. The molecule has 1 rings (SSSR count). The minimum atomic E-state index is -3.52. The van der Waals surface area contributed by atoms with Crippen LogP contribution in [0.4, 0.5) is 16.2 Å². The van der Waals surface area contributed by atoms with E-state index in [0.29, 0.717) is 0 Å². The summed E-state index contributed by atoms with van der Waals surface area (Å²) in [5, 5.41) is 13.1. The van der Waals surface area contributed by atoms with Crippen LogP contribution in [0.2, 0.25) is 0 Å². The van der Waals surface area contributed by atoms with Crippen LogP contribution >= 0.6 is 0 Å². The molecule has 1 aromatic carbocycles. The largest absolute Gasteiger partial charge is 0.465 e. The molecule has 1 atom stereocenters. The highest BCUT2D eigenvalue weighted by Gasteiger charge is 2.21. The van der Waals surface area contributed by atoms with Crippen molar-refractivity contribution in [3.8, 4) is 0 Å². The smallest absolute Gasteiger partial charge is 0.405 e. The molecule has 116 valence electrons. The van der Waals surface area contributed by atoms with E-state index in [2.05, 4.69) is 10.6 Å². The molecule has 0 fully saturated rings. The minimum Gasteiger partial charge on any atom is -0.465 e. The van der Waals surface area contributed by atoms with Crippen LogP contribution in [-0.4, -0.2) is 37.8 Å². The molecule has 0 aliphatic heterocycles. The third kappa shape index (κ3) is 4.35. The van der Waals surface area contributed by atoms with Crippen molar-refractivity contribution < 1.29 is 23.1 Å². The van der Waals surface area contributed by atoms with Gasteiger partial charge in [-0.25, -0.2) is 13.2 Å². The molecule has 0 saturated carbocycles. The number of para-hydroxylation sites is 1. The molecule has 0 radical (unpaired) electrons. The summed E-state index contributed by atoms with van der Waals surface area (Å²) in [6, 6.07) is 3.25. The summed E-state index contributed by atoms with van der Waals surface area (Å²) in [4.78, 5) is 22.4. The van der Waals surface area contributed by atoms with Crippen LogP contribution in [0, 0.1) is 0 Å². The summed E-state index contributed by atoms with van der Waals surface area (Å²) >= 11 is 0. The summed E-state index contributed by atoms with van der Waals surface area (Å²) < 4.78 is 23.1. The van der Waals surface area contributed by atoms with Gasteiger partial charge in [-0.2, -0.15) is 0 Å². The number of benzene rings is 1. The van der Waals surface area contributed by atoms with E-state index in [1.165, 1.54) is 18.2 Å². The lowest BCUT2D eigenvalue weighted by atomic mass is 10.2. The Bertz CT molecular complexity index is 657. The van der Waals surface area contributed by atoms with Crippen molar-refractivity contribution in [2.75, 3.05) is 17.3 Å². The summed E-state index contributed by atoms with van der Waals surface area (Å²) in [5.41, 5.74) is 5.76. The highest BCUT2D eigenvalue weighted by atomic mass is 32.2. The van der Waals surface area contributed by atoms with Crippen LogP contribution in [0.15, 0.2) is 23.1 Å². The molecular weight excluding hydrogens is 298 g/mol. The standard InChI is InChI=1S/C12H17N3O5S/c1-3-7(15-12(17)18)11(16)14-8-5-4-6-9(10(8)13)21(2,19)20/h4-7,15H,3,13H2,1-2H3,(H,14,16)(H,17,18). The maximum Gasteiger partial charge on any atom is 0.405 e. The normalized spacial score (nSPS) is 12.5. The first-order valence-electron chi connectivity index (χ1n) is 6.05. The Morgan fingerprint density at radius 1 is 1.38 bits per heavy atom. The predicted molar refractivity (Wildman–Crippen MR) is 77.8 cm³/mol. The first-order chi connectivity index (χ1) is 9.66. The number of hydrogen-bond donors (Lipinski definition) is 4. The van der Waals surface area contributed by atoms with Crippen LogP contribution in [-0.2, 0) is 14.6 Å². The van der Waals surface area contributed by atoms with Crippen LogP contribution in [0.5, 0.6) is 0 Å². The molecule has 0 aromatic heterocycles. The number of nitrogens with one attached hydrogen (secondary N) is 2. The molecule has 0 heterocycles. The number of nitrogens with two attached hydrogens (primary N) is 1. The summed E-state index contributed by atoms with van der Waals surface area (Å²) in [5.74, 6) is -0.614. The molecule has 1 unspecified atom stereocenters. The Balaban J connectivity index is 3.03. The van der Waals surface area contributed by atoms with Crippen LogP contribution in [0.1, 0.15) is 13.3 Å². The Morgan fingerprint density at radius 3 is 2.48 bits per heavy atom. The highest BCUT2D eigenvalue weighted by Crippen LogP contribution is 2.26. The Morgan fingerprint density at radius 2 is 2.00 bits per heavy atom. The number of nitrogen functional groups attached to an aromatic ring is 1. The molecule has 1 aromatic rings. The molecule has 2 amide bonds. The number of hydrogen-bond acceptors (Lipinski definition) is 5. The van der Waals surface area contributed by atoms with E-state index >= 15 is 0 Å². The van der Waals surface area contributed by atoms with E-state index in [-0.39, 0.29) is 22.7 Å². The van der Waals surface area contributed by atoms with E-state index in [9.17, 15) is 18.0 Å². The predicted octanol–water partition coefficient (Wildman–Crippen LogP) is 0.657. The van der Waals surface area contributed by atoms with Gasteiger partial charge in [0.25, 0.3) is 0 Å². The van der Waals surface area contributed by atoms with Gasteiger partial charge in [0.15, 0.2) is 9.84 Å². The molecule has 8 nitrogen and oxygen atoms in total. The SMILES string of the molecule is CCC(NC(=O)O)C(=O)Nc1cccc(S(C)(=O)=O)c1N. The molecule has 0 aliphatic rings. The summed E-state index contributed by atoms with van der Waals surface area (Å²) in [6.45, 7) is 1.64. The van der Waals surface area contributed by atoms with E-state index in [1.54, 1.807) is 6.92 Å². The maximum absolute atomic E-state index is 12.0. The third-order valence-corrected chi connectivity index (χ3v) is 3.90. The van der Waals surface area contributed by atoms with Crippen LogP contribution in [0.3, 0.4) is 0 Å². The zero-order valence-electron chi connectivity index (χ0n) is 11.6. The lowest BCUT2D eigenvalue weighted by Gasteiger charge is -2.16. The van der Waals surface area contributed by atoms with Gasteiger partial charge in [0.2, 0.25) is 5.91 Å². The van der Waals surface area contributed by atoms with E-state index in [1.807, 2.05) is 0 Å². The van der Waals surface area contributed by atoms with Gasteiger partial charge < -0.3 is 21.5 Å². The van der Waals surface area contributed by atoms with Gasteiger partial charge in [-0.15, -0.1) is 0 Å². The van der Waals surface area contributed by atoms with Crippen LogP contribution in [0.25, 0.3) is 0 Å². The van der Waals surface area contributed by atoms with Gasteiger partial charge in [-0.1, -0.05) is 13.0 Å². The number of carbonyl (C=O) groups is 2. The average molecular weight is 315 g/mol. The molecule has 5 N–H and O–H groups in total. The Hall–Kier alpha value is -2.29. The second-order valence-corrected chi connectivity index (χ2v) is 6.37. The van der Waals surface area contributed by atoms with Gasteiger partial charge in [-0.05, 0) is 18.6 Å². The van der Waals surface area contributed by atoms with E-state index in [4.69, 9.17) is 10.8 Å². The van der Waals surface area contributed by atoms with E-state index < -0.39 is 27.9 Å². The molecule has 0 spiro atoms. The van der Waals surface area contributed by atoms with Crippen molar-refractivity contribution in [3.05, 3.63) is 18.2 Å². The van der Waals surface area contributed by atoms with Crippen molar-refractivity contribution in [2.45, 2.75) is 24.3 Å². The fourth-order valence-electron chi connectivity index (χ4n) is 1.70. The topological polar surface area (TPSA) is 139 Å². The highest BCUT2D eigenvalue weighted by molar-refractivity contribution is 7.90. The molecule has 0 saturated heterocycles. The van der Waals surface area contributed by atoms with Gasteiger partial charge in [0, 0.05) is 6.26 Å².